The maximum atomic E-state index is 5.45. The number of hydrogen-bond acceptors (Lipinski definition) is 3. The predicted octanol–water partition coefficient (Wildman–Crippen LogP) is 1.55. The van der Waals surface area contributed by atoms with Crippen molar-refractivity contribution in [3.63, 3.8) is 0 Å². The molecule has 5 heteroatoms. The number of rotatable bonds is 7. The predicted molar refractivity (Wildman–Crippen MR) is 80.0 cm³/mol. The molecule has 0 heterocycles. The highest BCUT2D eigenvalue weighted by Crippen LogP contribution is 2.03. The van der Waals surface area contributed by atoms with Crippen LogP contribution in [0.3, 0.4) is 0 Å². The molecule has 0 aliphatic rings. The van der Waals surface area contributed by atoms with Crippen molar-refractivity contribution in [3.05, 3.63) is 30.3 Å². The van der Waals surface area contributed by atoms with Crippen molar-refractivity contribution in [3.8, 4) is 0 Å². The van der Waals surface area contributed by atoms with Gasteiger partial charge in [-0.05, 0) is 38.4 Å². The van der Waals surface area contributed by atoms with Gasteiger partial charge in [-0.2, -0.15) is 0 Å². The number of thiocarbonyl (C=S) groups is 1. The Morgan fingerprint density at radius 2 is 1.94 bits per heavy atom. The van der Waals surface area contributed by atoms with Crippen LogP contribution in [0.4, 0.5) is 5.69 Å². The quantitative estimate of drug-likeness (QED) is 0.579. The first-order chi connectivity index (χ1) is 8.68. The summed E-state index contributed by atoms with van der Waals surface area (Å²) in [6, 6.07) is 9.86. The second-order valence-corrected chi connectivity index (χ2v) is 4.57. The number of anilines is 1. The normalized spacial score (nSPS) is 10.4. The maximum Gasteiger partial charge on any atom is 0.170 e. The number of benzene rings is 1. The first kappa shape index (κ1) is 14.9. The minimum atomic E-state index is 0.623. The van der Waals surface area contributed by atoms with Crippen molar-refractivity contribution >= 4 is 23.0 Å². The fraction of sp³-hybridized carbons (Fsp3) is 0.462. The average Bonchev–Trinajstić information content (AvgIpc) is 2.34. The van der Waals surface area contributed by atoms with Gasteiger partial charge in [-0.3, -0.25) is 0 Å². The molecule has 2 N–H and O–H groups in total. The van der Waals surface area contributed by atoms with Crippen molar-refractivity contribution in [2.75, 3.05) is 45.7 Å². The molecule has 0 unspecified atom stereocenters. The monoisotopic (exact) mass is 267 g/mol. The highest BCUT2D eigenvalue weighted by atomic mass is 32.1. The molecule has 4 nitrogen and oxygen atoms in total. The van der Waals surface area contributed by atoms with Gasteiger partial charge in [0.25, 0.3) is 0 Å². The standard InChI is InChI=1S/C13H21N3OS/c1-16(2)9-11-17-10-8-14-13(18)15-12-6-4-3-5-7-12/h3-7H,8-11H2,1-2H3,(H2,14,15,18). The van der Waals surface area contributed by atoms with Gasteiger partial charge in [0.1, 0.15) is 0 Å². The lowest BCUT2D eigenvalue weighted by atomic mass is 10.3. The van der Waals surface area contributed by atoms with E-state index >= 15 is 0 Å². The van der Waals surface area contributed by atoms with E-state index in [1.807, 2.05) is 44.4 Å². The van der Waals surface area contributed by atoms with Crippen LogP contribution < -0.4 is 10.6 Å². The third-order valence-corrected chi connectivity index (χ3v) is 2.49. The van der Waals surface area contributed by atoms with Crippen LogP contribution in [0.1, 0.15) is 0 Å². The zero-order valence-electron chi connectivity index (χ0n) is 11.0. The second-order valence-electron chi connectivity index (χ2n) is 4.16. The van der Waals surface area contributed by atoms with E-state index < -0.39 is 0 Å². The molecule has 0 saturated carbocycles. The van der Waals surface area contributed by atoms with Gasteiger partial charge in [0.15, 0.2) is 5.11 Å². The zero-order valence-corrected chi connectivity index (χ0v) is 11.8. The summed E-state index contributed by atoms with van der Waals surface area (Å²) in [4.78, 5) is 2.09. The van der Waals surface area contributed by atoms with Gasteiger partial charge in [-0.1, -0.05) is 18.2 Å². The van der Waals surface area contributed by atoms with Crippen molar-refractivity contribution < 1.29 is 4.74 Å². The van der Waals surface area contributed by atoms with Crippen LogP contribution in [0, 0.1) is 0 Å². The van der Waals surface area contributed by atoms with Crippen molar-refractivity contribution in [1.29, 1.82) is 0 Å². The van der Waals surface area contributed by atoms with Crippen LogP contribution in [-0.2, 0) is 4.74 Å². The molecular weight excluding hydrogens is 246 g/mol. The van der Waals surface area contributed by atoms with Gasteiger partial charge >= 0.3 is 0 Å². The number of likely N-dealkylation sites (N-methyl/N-ethyl adjacent to an activating group) is 1. The second kappa shape index (κ2) is 8.85. The number of nitrogens with zero attached hydrogens (tertiary/aromatic N) is 1. The Kier molecular flexibility index (Phi) is 7.32. The van der Waals surface area contributed by atoms with E-state index in [1.54, 1.807) is 0 Å². The molecule has 0 aliphatic carbocycles. The molecular formula is C13H21N3OS. The van der Waals surface area contributed by atoms with Crippen molar-refractivity contribution in [2.24, 2.45) is 0 Å². The van der Waals surface area contributed by atoms with Gasteiger partial charge in [-0.25, -0.2) is 0 Å². The van der Waals surface area contributed by atoms with Gasteiger partial charge in [-0.15, -0.1) is 0 Å². The average molecular weight is 267 g/mol. The van der Waals surface area contributed by atoms with Crippen LogP contribution in [0.5, 0.6) is 0 Å². The molecule has 0 spiro atoms. The van der Waals surface area contributed by atoms with Crippen LogP contribution >= 0.6 is 12.2 Å². The summed E-state index contributed by atoms with van der Waals surface area (Å²) in [5.74, 6) is 0. The highest BCUT2D eigenvalue weighted by Gasteiger charge is 1.96. The van der Waals surface area contributed by atoms with E-state index in [9.17, 15) is 0 Å². The Morgan fingerprint density at radius 1 is 1.22 bits per heavy atom. The molecule has 0 bridgehead atoms. The molecule has 18 heavy (non-hydrogen) atoms. The van der Waals surface area contributed by atoms with E-state index in [1.165, 1.54) is 0 Å². The summed E-state index contributed by atoms with van der Waals surface area (Å²) < 4.78 is 5.45. The van der Waals surface area contributed by atoms with Gasteiger partial charge in [0.2, 0.25) is 0 Å². The molecule has 0 fully saturated rings. The highest BCUT2D eigenvalue weighted by molar-refractivity contribution is 7.80. The van der Waals surface area contributed by atoms with Crippen LogP contribution in [0.2, 0.25) is 0 Å². The molecule has 0 radical (unpaired) electrons. The Morgan fingerprint density at radius 3 is 2.61 bits per heavy atom. The fourth-order valence-electron chi connectivity index (χ4n) is 1.28. The molecule has 1 aromatic carbocycles. The molecule has 1 aromatic rings. The smallest absolute Gasteiger partial charge is 0.170 e. The van der Waals surface area contributed by atoms with E-state index in [2.05, 4.69) is 15.5 Å². The molecule has 0 aromatic heterocycles. The molecule has 0 amide bonds. The van der Waals surface area contributed by atoms with Gasteiger partial charge < -0.3 is 20.3 Å². The zero-order chi connectivity index (χ0) is 13.2. The van der Waals surface area contributed by atoms with E-state index in [-0.39, 0.29) is 0 Å². The van der Waals surface area contributed by atoms with Gasteiger partial charge in [0, 0.05) is 18.8 Å². The summed E-state index contributed by atoms with van der Waals surface area (Å²) in [6.45, 7) is 3.05. The Bertz CT molecular complexity index is 343. The molecule has 0 saturated heterocycles. The lowest BCUT2D eigenvalue weighted by Crippen LogP contribution is -2.31. The SMILES string of the molecule is CN(C)CCOCCNC(=S)Nc1ccccc1. The van der Waals surface area contributed by atoms with Crippen LogP contribution in [0.15, 0.2) is 30.3 Å². The Balaban J connectivity index is 2.04. The molecule has 0 aliphatic heterocycles. The summed E-state index contributed by atoms with van der Waals surface area (Å²) in [5, 5.41) is 6.83. The summed E-state index contributed by atoms with van der Waals surface area (Å²) in [7, 11) is 4.06. The van der Waals surface area contributed by atoms with E-state index in [4.69, 9.17) is 17.0 Å². The number of hydrogen-bond donors (Lipinski definition) is 2. The lowest BCUT2D eigenvalue weighted by molar-refractivity contribution is 0.122. The minimum Gasteiger partial charge on any atom is -0.378 e. The largest absolute Gasteiger partial charge is 0.378 e. The number of ether oxygens (including phenoxy) is 1. The van der Waals surface area contributed by atoms with Crippen LogP contribution in [0.25, 0.3) is 0 Å². The fourth-order valence-corrected chi connectivity index (χ4v) is 1.50. The molecule has 1 rings (SSSR count). The third kappa shape index (κ3) is 7.21. The van der Waals surface area contributed by atoms with Crippen LogP contribution in [-0.4, -0.2) is 50.4 Å². The van der Waals surface area contributed by atoms with Crippen molar-refractivity contribution in [2.45, 2.75) is 0 Å². The van der Waals surface area contributed by atoms with E-state index in [0.717, 1.165) is 18.8 Å². The molecule has 100 valence electrons. The Labute approximate surface area is 114 Å². The maximum absolute atomic E-state index is 5.45. The minimum absolute atomic E-state index is 0.623. The molecule has 0 atom stereocenters. The number of nitrogens with one attached hydrogen (secondary N) is 2. The Hall–Kier alpha value is -1.17. The first-order valence-electron chi connectivity index (χ1n) is 6.01. The lowest BCUT2D eigenvalue weighted by Gasteiger charge is -2.12. The number of para-hydroxylation sites is 1. The van der Waals surface area contributed by atoms with E-state index in [0.29, 0.717) is 18.3 Å². The third-order valence-electron chi connectivity index (χ3n) is 2.25. The van der Waals surface area contributed by atoms with Crippen molar-refractivity contribution in [1.82, 2.24) is 10.2 Å². The van der Waals surface area contributed by atoms with Gasteiger partial charge in [0.05, 0.1) is 13.2 Å². The summed E-state index contributed by atoms with van der Waals surface area (Å²) in [5.41, 5.74) is 0.989. The summed E-state index contributed by atoms with van der Waals surface area (Å²) in [6.07, 6.45) is 0. The topological polar surface area (TPSA) is 36.5 Å². The summed E-state index contributed by atoms with van der Waals surface area (Å²) >= 11 is 5.17. The first-order valence-corrected chi connectivity index (χ1v) is 6.41.